The minimum atomic E-state index is -4.31. The van der Waals surface area contributed by atoms with Gasteiger partial charge in [-0.3, -0.25) is 0 Å². The first kappa shape index (κ1) is 14.6. The Labute approximate surface area is 115 Å². The molecule has 0 atom stereocenters. The summed E-state index contributed by atoms with van der Waals surface area (Å²) in [5.41, 5.74) is 1.86. The molecule has 0 bridgehead atoms. The second-order valence-electron chi connectivity index (χ2n) is 4.51. The van der Waals surface area contributed by atoms with E-state index in [0.29, 0.717) is 12.2 Å². The van der Waals surface area contributed by atoms with Gasteiger partial charge in [0.1, 0.15) is 0 Å². The van der Waals surface area contributed by atoms with E-state index in [4.69, 9.17) is 0 Å². The van der Waals surface area contributed by atoms with Crippen molar-refractivity contribution in [1.29, 1.82) is 0 Å². The minimum Gasteiger partial charge on any atom is -0.313 e. The molecule has 0 radical (unpaired) electrons. The van der Waals surface area contributed by atoms with Crippen LogP contribution in [0.15, 0.2) is 30.5 Å². The summed E-state index contributed by atoms with van der Waals surface area (Å²) >= 11 is 0. The second kappa shape index (κ2) is 5.66. The summed E-state index contributed by atoms with van der Waals surface area (Å²) in [5.74, 6) is 0. The minimum absolute atomic E-state index is 0.615. The quantitative estimate of drug-likeness (QED) is 0.933. The van der Waals surface area contributed by atoms with Gasteiger partial charge in [-0.1, -0.05) is 6.92 Å². The van der Waals surface area contributed by atoms with Crippen LogP contribution >= 0.6 is 0 Å². The fourth-order valence-electron chi connectivity index (χ4n) is 1.86. The summed E-state index contributed by atoms with van der Waals surface area (Å²) < 4.78 is 39.1. The summed E-state index contributed by atoms with van der Waals surface area (Å²) in [6, 6.07) is 4.98. The molecule has 20 heavy (non-hydrogen) atoms. The Morgan fingerprint density at radius 1 is 1.20 bits per heavy atom. The first-order valence-corrected chi connectivity index (χ1v) is 6.35. The van der Waals surface area contributed by atoms with Crippen LogP contribution in [0.5, 0.6) is 0 Å². The lowest BCUT2D eigenvalue weighted by molar-refractivity contribution is -0.137. The Morgan fingerprint density at radius 2 is 1.85 bits per heavy atom. The molecule has 6 heteroatoms. The van der Waals surface area contributed by atoms with Crippen molar-refractivity contribution in [3.8, 4) is 5.69 Å². The van der Waals surface area contributed by atoms with Gasteiger partial charge in [0.05, 0.1) is 16.9 Å². The molecule has 0 aliphatic rings. The Hall–Kier alpha value is -1.82. The second-order valence-corrected chi connectivity index (χ2v) is 4.51. The third kappa shape index (κ3) is 3.19. The zero-order valence-electron chi connectivity index (χ0n) is 11.3. The Morgan fingerprint density at radius 3 is 2.40 bits per heavy atom. The lowest BCUT2D eigenvalue weighted by atomic mass is 10.2. The van der Waals surface area contributed by atoms with Crippen LogP contribution in [-0.4, -0.2) is 16.3 Å². The van der Waals surface area contributed by atoms with E-state index in [2.05, 4.69) is 10.4 Å². The molecule has 0 aliphatic heterocycles. The molecule has 0 amide bonds. The van der Waals surface area contributed by atoms with Crippen molar-refractivity contribution < 1.29 is 13.2 Å². The maximum absolute atomic E-state index is 12.5. The number of nitrogens with one attached hydrogen (secondary N) is 1. The van der Waals surface area contributed by atoms with E-state index in [0.717, 1.165) is 29.9 Å². The molecule has 3 nitrogen and oxygen atoms in total. The third-order valence-corrected chi connectivity index (χ3v) is 3.03. The predicted molar refractivity (Wildman–Crippen MR) is 70.7 cm³/mol. The topological polar surface area (TPSA) is 29.9 Å². The molecule has 0 unspecified atom stereocenters. The zero-order valence-corrected chi connectivity index (χ0v) is 11.3. The molecule has 1 aromatic carbocycles. The van der Waals surface area contributed by atoms with Gasteiger partial charge in [-0.25, -0.2) is 4.68 Å². The molecule has 2 aromatic rings. The van der Waals surface area contributed by atoms with Crippen molar-refractivity contribution in [3.63, 3.8) is 0 Å². The van der Waals surface area contributed by atoms with Crippen LogP contribution < -0.4 is 5.32 Å². The van der Waals surface area contributed by atoms with Crippen molar-refractivity contribution >= 4 is 0 Å². The van der Waals surface area contributed by atoms with Gasteiger partial charge in [0.15, 0.2) is 0 Å². The maximum atomic E-state index is 12.5. The molecule has 0 spiro atoms. The van der Waals surface area contributed by atoms with Crippen LogP contribution in [0.25, 0.3) is 5.69 Å². The van der Waals surface area contributed by atoms with Crippen LogP contribution in [0.3, 0.4) is 0 Å². The van der Waals surface area contributed by atoms with Gasteiger partial charge in [0.2, 0.25) is 0 Å². The summed E-state index contributed by atoms with van der Waals surface area (Å²) in [6.07, 6.45) is -2.48. The Balaban J connectivity index is 2.24. The Kier molecular flexibility index (Phi) is 4.13. The number of alkyl halides is 3. The highest BCUT2D eigenvalue weighted by Crippen LogP contribution is 2.29. The number of aryl methyl sites for hydroxylation is 1. The summed E-state index contributed by atoms with van der Waals surface area (Å²) in [7, 11) is 0. The first-order valence-electron chi connectivity index (χ1n) is 6.35. The van der Waals surface area contributed by atoms with Crippen LogP contribution in [0.2, 0.25) is 0 Å². The average molecular weight is 283 g/mol. The van der Waals surface area contributed by atoms with E-state index in [1.54, 1.807) is 4.68 Å². The van der Waals surface area contributed by atoms with E-state index >= 15 is 0 Å². The number of benzene rings is 1. The number of hydrogen-bond acceptors (Lipinski definition) is 2. The summed E-state index contributed by atoms with van der Waals surface area (Å²) in [6.45, 7) is 5.44. The number of rotatable bonds is 4. The van der Waals surface area contributed by atoms with E-state index in [-0.39, 0.29) is 0 Å². The zero-order chi connectivity index (χ0) is 14.8. The van der Waals surface area contributed by atoms with Gasteiger partial charge in [0, 0.05) is 18.3 Å². The van der Waals surface area contributed by atoms with Gasteiger partial charge < -0.3 is 5.32 Å². The van der Waals surface area contributed by atoms with E-state index in [1.165, 1.54) is 12.1 Å². The van der Waals surface area contributed by atoms with E-state index < -0.39 is 11.7 Å². The summed E-state index contributed by atoms with van der Waals surface area (Å²) in [5, 5.41) is 7.52. The van der Waals surface area contributed by atoms with Gasteiger partial charge in [-0.2, -0.15) is 18.3 Å². The molecule has 2 rings (SSSR count). The first-order chi connectivity index (χ1) is 9.41. The van der Waals surface area contributed by atoms with Crippen molar-refractivity contribution in [1.82, 2.24) is 15.1 Å². The van der Waals surface area contributed by atoms with Gasteiger partial charge in [-0.15, -0.1) is 0 Å². The fourth-order valence-corrected chi connectivity index (χ4v) is 1.86. The molecule has 0 saturated heterocycles. The number of halogens is 3. The lowest BCUT2D eigenvalue weighted by Gasteiger charge is -2.07. The average Bonchev–Trinajstić information content (AvgIpc) is 2.77. The van der Waals surface area contributed by atoms with Crippen LogP contribution in [0.4, 0.5) is 13.2 Å². The molecular weight excluding hydrogens is 267 g/mol. The van der Waals surface area contributed by atoms with Crippen molar-refractivity contribution in [2.75, 3.05) is 6.54 Å². The number of hydrogen-bond donors (Lipinski definition) is 1. The molecule has 1 heterocycles. The van der Waals surface area contributed by atoms with Crippen molar-refractivity contribution in [2.45, 2.75) is 26.6 Å². The van der Waals surface area contributed by atoms with Crippen LogP contribution in [0, 0.1) is 6.92 Å². The largest absolute Gasteiger partial charge is 0.416 e. The molecule has 1 aromatic heterocycles. The molecular formula is C14H16F3N3. The SMILES string of the molecule is CCNCc1cn(-c2ccc(C(F)(F)F)cc2)nc1C. The normalized spacial score (nSPS) is 11.8. The molecule has 0 fully saturated rings. The monoisotopic (exact) mass is 283 g/mol. The highest BCUT2D eigenvalue weighted by Gasteiger charge is 2.30. The summed E-state index contributed by atoms with van der Waals surface area (Å²) in [4.78, 5) is 0. The Bertz CT molecular complexity index is 570. The van der Waals surface area contributed by atoms with Crippen molar-refractivity contribution in [2.24, 2.45) is 0 Å². The lowest BCUT2D eigenvalue weighted by Crippen LogP contribution is -2.11. The van der Waals surface area contributed by atoms with Crippen LogP contribution in [-0.2, 0) is 12.7 Å². The van der Waals surface area contributed by atoms with Crippen LogP contribution in [0.1, 0.15) is 23.7 Å². The maximum Gasteiger partial charge on any atom is 0.416 e. The molecule has 108 valence electrons. The smallest absolute Gasteiger partial charge is 0.313 e. The highest BCUT2D eigenvalue weighted by atomic mass is 19.4. The van der Waals surface area contributed by atoms with Gasteiger partial charge in [-0.05, 0) is 37.7 Å². The number of aromatic nitrogens is 2. The third-order valence-electron chi connectivity index (χ3n) is 3.03. The standard InChI is InChI=1S/C14H16F3N3/c1-3-18-8-11-9-20(19-10(11)2)13-6-4-12(5-7-13)14(15,16)17/h4-7,9,18H,3,8H2,1-2H3. The molecule has 0 saturated carbocycles. The van der Waals surface area contributed by atoms with Gasteiger partial charge >= 0.3 is 6.18 Å². The van der Waals surface area contributed by atoms with Gasteiger partial charge in [0.25, 0.3) is 0 Å². The van der Waals surface area contributed by atoms with E-state index in [1.807, 2.05) is 20.0 Å². The molecule has 0 aliphatic carbocycles. The highest BCUT2D eigenvalue weighted by molar-refractivity contribution is 5.36. The van der Waals surface area contributed by atoms with E-state index in [9.17, 15) is 13.2 Å². The number of nitrogens with zero attached hydrogens (tertiary/aromatic N) is 2. The molecule has 1 N–H and O–H groups in total. The predicted octanol–water partition coefficient (Wildman–Crippen LogP) is 3.31. The fraction of sp³-hybridized carbons (Fsp3) is 0.357. The van der Waals surface area contributed by atoms with Crippen molar-refractivity contribution in [3.05, 3.63) is 47.3 Å².